The summed E-state index contributed by atoms with van der Waals surface area (Å²) in [6, 6.07) is 5.54. The summed E-state index contributed by atoms with van der Waals surface area (Å²) in [5, 5.41) is 6.24. The van der Waals surface area contributed by atoms with Crippen molar-refractivity contribution in [1.82, 2.24) is 5.32 Å². The number of thiophene rings is 1. The zero-order valence-corrected chi connectivity index (χ0v) is 18.5. The first-order valence-electron chi connectivity index (χ1n) is 8.79. The number of benzene rings is 1. The molecule has 0 atom stereocenters. The Kier molecular flexibility index (Phi) is 6.69. The molecule has 0 aliphatic heterocycles. The van der Waals surface area contributed by atoms with Crippen LogP contribution < -0.4 is 21.1 Å². The molecule has 1 aliphatic carbocycles. The Hall–Kier alpha value is -1.97. The molecule has 0 radical (unpaired) electrons. The van der Waals surface area contributed by atoms with E-state index in [9.17, 15) is 9.59 Å². The van der Waals surface area contributed by atoms with Gasteiger partial charge in [0.15, 0.2) is 11.7 Å². The monoisotopic (exact) mass is 481 g/mol. The van der Waals surface area contributed by atoms with Gasteiger partial charge in [0.25, 0.3) is 11.8 Å². The van der Waals surface area contributed by atoms with E-state index in [1.165, 1.54) is 11.3 Å². The highest BCUT2D eigenvalue weighted by Gasteiger charge is 2.24. The molecular formula is C19H20BrN3O3S2. The molecule has 6 nitrogen and oxygen atoms in total. The van der Waals surface area contributed by atoms with Gasteiger partial charge in [-0.2, -0.15) is 0 Å². The van der Waals surface area contributed by atoms with Gasteiger partial charge in [-0.1, -0.05) is 15.9 Å². The molecule has 2 amide bonds. The maximum absolute atomic E-state index is 12.1. The van der Waals surface area contributed by atoms with E-state index in [1.807, 2.05) is 19.1 Å². The highest BCUT2D eigenvalue weighted by atomic mass is 79.9. The maximum Gasteiger partial charge on any atom is 0.264 e. The van der Waals surface area contributed by atoms with Crippen molar-refractivity contribution < 1.29 is 14.3 Å². The van der Waals surface area contributed by atoms with E-state index in [-0.39, 0.29) is 17.6 Å². The summed E-state index contributed by atoms with van der Waals surface area (Å²) in [5.74, 6) is -0.244. The average molecular weight is 482 g/mol. The van der Waals surface area contributed by atoms with Crippen LogP contribution in [-0.4, -0.2) is 23.5 Å². The van der Waals surface area contributed by atoms with Crippen LogP contribution in [-0.2, 0) is 17.6 Å². The lowest BCUT2D eigenvalue weighted by atomic mass is 9.95. The number of ether oxygens (including phenoxy) is 1. The van der Waals surface area contributed by atoms with Crippen LogP contribution >= 0.6 is 39.5 Å². The Labute approximate surface area is 181 Å². The van der Waals surface area contributed by atoms with E-state index in [1.54, 1.807) is 6.07 Å². The normalized spacial score (nSPS) is 12.8. The SMILES string of the molecule is Cc1cc(Br)ccc1OCC(=O)NC(=S)Nc1sc2c(c1C(N)=O)CCCC2. The van der Waals surface area contributed by atoms with Gasteiger partial charge in [0.2, 0.25) is 0 Å². The molecule has 0 saturated heterocycles. The highest BCUT2D eigenvalue weighted by molar-refractivity contribution is 9.10. The van der Waals surface area contributed by atoms with Gasteiger partial charge < -0.3 is 15.8 Å². The molecule has 4 N–H and O–H groups in total. The fourth-order valence-electron chi connectivity index (χ4n) is 3.13. The van der Waals surface area contributed by atoms with Crippen LogP contribution in [0.4, 0.5) is 5.00 Å². The Morgan fingerprint density at radius 3 is 2.79 bits per heavy atom. The van der Waals surface area contributed by atoms with E-state index in [2.05, 4.69) is 26.6 Å². The summed E-state index contributed by atoms with van der Waals surface area (Å²) in [6.45, 7) is 1.72. The first-order valence-corrected chi connectivity index (χ1v) is 10.8. The van der Waals surface area contributed by atoms with Crippen molar-refractivity contribution in [3.05, 3.63) is 44.2 Å². The van der Waals surface area contributed by atoms with Gasteiger partial charge in [-0.15, -0.1) is 11.3 Å². The van der Waals surface area contributed by atoms with Crippen LogP contribution in [0.2, 0.25) is 0 Å². The molecule has 1 aromatic carbocycles. The van der Waals surface area contributed by atoms with Crippen molar-refractivity contribution in [1.29, 1.82) is 0 Å². The lowest BCUT2D eigenvalue weighted by Crippen LogP contribution is -2.37. The standard InChI is InChI=1S/C19H20BrN3O3S2/c1-10-8-11(20)6-7-13(10)26-9-15(24)22-19(27)23-18-16(17(21)25)12-4-2-3-5-14(12)28-18/h6-8H,2-5,9H2,1H3,(H2,21,25)(H2,22,23,24,27). The van der Waals surface area contributed by atoms with E-state index < -0.39 is 5.91 Å². The summed E-state index contributed by atoms with van der Waals surface area (Å²) in [4.78, 5) is 25.2. The molecule has 28 heavy (non-hydrogen) atoms. The molecular weight excluding hydrogens is 462 g/mol. The number of carbonyl (C=O) groups excluding carboxylic acids is 2. The number of fused-ring (bicyclic) bond motifs is 1. The maximum atomic E-state index is 12.1. The van der Waals surface area contributed by atoms with E-state index in [0.717, 1.165) is 46.2 Å². The fraction of sp³-hybridized carbons (Fsp3) is 0.316. The van der Waals surface area contributed by atoms with E-state index in [4.69, 9.17) is 22.7 Å². The molecule has 0 fully saturated rings. The Morgan fingerprint density at radius 1 is 1.32 bits per heavy atom. The quantitative estimate of drug-likeness (QED) is 0.566. The third kappa shape index (κ3) is 4.89. The van der Waals surface area contributed by atoms with Crippen LogP contribution in [0, 0.1) is 6.92 Å². The van der Waals surface area contributed by atoms with Gasteiger partial charge in [0, 0.05) is 9.35 Å². The Morgan fingerprint density at radius 2 is 2.07 bits per heavy atom. The number of nitrogens with one attached hydrogen (secondary N) is 2. The van der Waals surface area contributed by atoms with Gasteiger partial charge in [-0.25, -0.2) is 0 Å². The van der Waals surface area contributed by atoms with Gasteiger partial charge >= 0.3 is 0 Å². The molecule has 0 spiro atoms. The number of anilines is 1. The molecule has 0 unspecified atom stereocenters. The number of rotatable bonds is 5. The van der Waals surface area contributed by atoms with Crippen molar-refractivity contribution in [3.8, 4) is 5.75 Å². The molecule has 0 saturated carbocycles. The first kappa shape index (κ1) is 20.8. The summed E-state index contributed by atoms with van der Waals surface area (Å²) < 4.78 is 6.48. The molecule has 1 aliphatic rings. The molecule has 0 bridgehead atoms. The summed E-state index contributed by atoms with van der Waals surface area (Å²) >= 11 is 10.1. The van der Waals surface area contributed by atoms with Crippen molar-refractivity contribution >= 4 is 61.4 Å². The molecule has 9 heteroatoms. The molecule has 1 heterocycles. The zero-order chi connectivity index (χ0) is 20.3. The lowest BCUT2D eigenvalue weighted by molar-refractivity contribution is -0.121. The molecule has 1 aromatic heterocycles. The third-order valence-electron chi connectivity index (χ3n) is 4.39. The van der Waals surface area contributed by atoms with Crippen LogP contribution in [0.15, 0.2) is 22.7 Å². The second-order valence-electron chi connectivity index (χ2n) is 6.48. The topological polar surface area (TPSA) is 93.4 Å². The van der Waals surface area contributed by atoms with Crippen molar-refractivity contribution in [2.24, 2.45) is 5.73 Å². The van der Waals surface area contributed by atoms with Gasteiger partial charge in [-0.05, 0) is 74.2 Å². The number of aryl methyl sites for hydroxylation is 2. The first-order chi connectivity index (χ1) is 13.3. The van der Waals surface area contributed by atoms with Gasteiger partial charge in [0.05, 0.1) is 5.56 Å². The summed E-state index contributed by atoms with van der Waals surface area (Å²) in [5.41, 5.74) is 7.98. The number of nitrogens with two attached hydrogens (primary N) is 1. The number of halogens is 1. The molecule has 2 aromatic rings. The van der Waals surface area contributed by atoms with Crippen LogP contribution in [0.1, 0.15) is 39.2 Å². The lowest BCUT2D eigenvalue weighted by Gasteiger charge is -2.12. The molecule has 3 rings (SSSR count). The minimum absolute atomic E-state index is 0.113. The Bertz CT molecular complexity index is 943. The zero-order valence-electron chi connectivity index (χ0n) is 15.3. The van der Waals surface area contributed by atoms with Crippen molar-refractivity contribution in [2.45, 2.75) is 32.6 Å². The second kappa shape index (κ2) is 9.02. The third-order valence-corrected chi connectivity index (χ3v) is 6.30. The smallest absolute Gasteiger partial charge is 0.264 e. The number of amides is 2. The second-order valence-corrected chi connectivity index (χ2v) is 8.91. The van der Waals surface area contributed by atoms with E-state index >= 15 is 0 Å². The largest absolute Gasteiger partial charge is 0.483 e. The minimum Gasteiger partial charge on any atom is -0.483 e. The number of carbonyl (C=O) groups is 2. The summed E-state index contributed by atoms with van der Waals surface area (Å²) in [7, 11) is 0. The summed E-state index contributed by atoms with van der Waals surface area (Å²) in [6.07, 6.45) is 3.91. The highest BCUT2D eigenvalue weighted by Crippen LogP contribution is 2.37. The van der Waals surface area contributed by atoms with Crippen molar-refractivity contribution in [3.63, 3.8) is 0 Å². The van der Waals surface area contributed by atoms with Crippen LogP contribution in [0.5, 0.6) is 5.75 Å². The van der Waals surface area contributed by atoms with Gasteiger partial charge in [-0.3, -0.25) is 14.9 Å². The van der Waals surface area contributed by atoms with Crippen LogP contribution in [0.3, 0.4) is 0 Å². The predicted octanol–water partition coefficient (Wildman–Crippen LogP) is 3.69. The van der Waals surface area contributed by atoms with Crippen LogP contribution in [0.25, 0.3) is 0 Å². The van der Waals surface area contributed by atoms with Gasteiger partial charge in [0.1, 0.15) is 10.8 Å². The number of primary amides is 1. The number of hydrogen-bond donors (Lipinski definition) is 3. The predicted molar refractivity (Wildman–Crippen MR) is 118 cm³/mol. The molecule has 148 valence electrons. The van der Waals surface area contributed by atoms with E-state index in [0.29, 0.717) is 16.3 Å². The average Bonchev–Trinajstić information content (AvgIpc) is 2.98. The van der Waals surface area contributed by atoms with Crippen molar-refractivity contribution in [2.75, 3.05) is 11.9 Å². The number of thiocarbonyl (C=S) groups is 1. The fourth-order valence-corrected chi connectivity index (χ4v) is 5.18. The number of hydrogen-bond acceptors (Lipinski definition) is 5. The Balaban J connectivity index is 1.60. The minimum atomic E-state index is -0.481.